The quantitative estimate of drug-likeness (QED) is 0.395. The molecular weight excluding hydrogens is 294 g/mol. The maximum absolute atomic E-state index is 6.49. The molecule has 24 heavy (non-hydrogen) atoms. The van der Waals surface area contributed by atoms with Gasteiger partial charge in [0.15, 0.2) is 0 Å². The molecule has 0 bridgehead atoms. The summed E-state index contributed by atoms with van der Waals surface area (Å²) in [6.45, 7) is 6.48. The second-order valence-corrected chi connectivity index (χ2v) is 7.51. The summed E-state index contributed by atoms with van der Waals surface area (Å²) < 4.78 is 6.00. The third kappa shape index (κ3) is 9.32. The van der Waals surface area contributed by atoms with Crippen LogP contribution in [0, 0.1) is 0 Å². The molecule has 138 valence electrons. The molecule has 2 atom stereocenters. The fraction of sp³-hybridized carbons (Fsp3) is 0.727. The molecule has 2 nitrogen and oxygen atoms in total. The van der Waals surface area contributed by atoms with Gasteiger partial charge in [0.2, 0.25) is 0 Å². The van der Waals surface area contributed by atoms with Crippen molar-refractivity contribution in [1.82, 2.24) is 0 Å². The Morgan fingerprint density at radius 2 is 1.38 bits per heavy atom. The molecule has 0 aliphatic rings. The highest BCUT2D eigenvalue weighted by atomic mass is 16.5. The molecule has 0 spiro atoms. The Bertz CT molecular complexity index is 402. The lowest BCUT2D eigenvalue weighted by atomic mass is 9.90. The second kappa shape index (κ2) is 12.4. The molecule has 1 aromatic carbocycles. The van der Waals surface area contributed by atoms with Crippen molar-refractivity contribution in [2.75, 3.05) is 0 Å². The van der Waals surface area contributed by atoms with E-state index in [0.29, 0.717) is 0 Å². The van der Waals surface area contributed by atoms with Gasteiger partial charge in [-0.3, -0.25) is 0 Å². The molecule has 0 saturated carbocycles. The molecule has 0 aliphatic heterocycles. The first-order chi connectivity index (χ1) is 11.6. The van der Waals surface area contributed by atoms with Crippen molar-refractivity contribution < 1.29 is 4.74 Å². The summed E-state index contributed by atoms with van der Waals surface area (Å²) in [4.78, 5) is 0. The van der Waals surface area contributed by atoms with Gasteiger partial charge in [0.1, 0.15) is 11.9 Å². The zero-order chi connectivity index (χ0) is 17.7. The summed E-state index contributed by atoms with van der Waals surface area (Å²) in [6.07, 6.45) is 14.7. The van der Waals surface area contributed by atoms with Gasteiger partial charge in [0.05, 0.1) is 0 Å². The number of para-hydroxylation sites is 1. The van der Waals surface area contributed by atoms with Gasteiger partial charge in [-0.15, -0.1) is 0 Å². The normalized spacial score (nSPS) is 15.0. The fourth-order valence-electron chi connectivity index (χ4n) is 3.03. The highest BCUT2D eigenvalue weighted by Crippen LogP contribution is 2.22. The number of hydrogen-bond acceptors (Lipinski definition) is 2. The molecule has 0 saturated heterocycles. The Balaban J connectivity index is 2.08. The van der Waals surface area contributed by atoms with E-state index in [9.17, 15) is 0 Å². The minimum atomic E-state index is -0.268. The van der Waals surface area contributed by atoms with Gasteiger partial charge in [-0.05, 0) is 32.4 Å². The molecule has 1 rings (SSSR count). The van der Waals surface area contributed by atoms with E-state index in [2.05, 4.69) is 20.8 Å². The van der Waals surface area contributed by atoms with Crippen LogP contribution in [0.15, 0.2) is 30.3 Å². The topological polar surface area (TPSA) is 35.2 Å². The Morgan fingerprint density at radius 1 is 0.875 bits per heavy atom. The van der Waals surface area contributed by atoms with Crippen molar-refractivity contribution in [3.05, 3.63) is 30.3 Å². The van der Waals surface area contributed by atoms with Crippen molar-refractivity contribution in [3.63, 3.8) is 0 Å². The van der Waals surface area contributed by atoms with Crippen molar-refractivity contribution in [2.24, 2.45) is 5.73 Å². The van der Waals surface area contributed by atoms with Crippen molar-refractivity contribution in [2.45, 2.75) is 103 Å². The first-order valence-corrected chi connectivity index (χ1v) is 10.1. The third-order valence-electron chi connectivity index (χ3n) is 5.05. The maximum atomic E-state index is 6.49. The number of ether oxygens (including phenoxy) is 1. The summed E-state index contributed by atoms with van der Waals surface area (Å²) in [5.74, 6) is 0.907. The smallest absolute Gasteiger partial charge is 0.119 e. The van der Waals surface area contributed by atoms with E-state index in [0.717, 1.165) is 12.2 Å². The van der Waals surface area contributed by atoms with Crippen LogP contribution in [-0.4, -0.2) is 11.6 Å². The summed E-state index contributed by atoms with van der Waals surface area (Å²) >= 11 is 0. The number of rotatable bonds is 14. The molecule has 0 aromatic heterocycles. The molecule has 2 unspecified atom stereocenters. The van der Waals surface area contributed by atoms with Gasteiger partial charge in [-0.1, -0.05) is 89.3 Å². The average Bonchev–Trinajstić information content (AvgIpc) is 2.57. The molecular formula is C22H39NO. The van der Waals surface area contributed by atoms with Gasteiger partial charge in [-0.25, -0.2) is 0 Å². The van der Waals surface area contributed by atoms with Crippen LogP contribution in [0.2, 0.25) is 0 Å². The summed E-state index contributed by atoms with van der Waals surface area (Å²) in [7, 11) is 0. The molecule has 0 radical (unpaired) electrons. The Labute approximate surface area is 150 Å². The van der Waals surface area contributed by atoms with Crippen LogP contribution in [0.1, 0.15) is 91.4 Å². The number of benzene rings is 1. The first kappa shape index (κ1) is 21.0. The highest BCUT2D eigenvalue weighted by molar-refractivity contribution is 5.21. The van der Waals surface area contributed by atoms with Crippen LogP contribution in [0.5, 0.6) is 5.75 Å². The summed E-state index contributed by atoms with van der Waals surface area (Å²) in [5.41, 5.74) is 6.22. The number of unbranched alkanes of at least 4 members (excludes halogenated alkanes) is 9. The van der Waals surface area contributed by atoms with Crippen LogP contribution in [0.25, 0.3) is 0 Å². The SMILES string of the molecule is CCCCCCCCCCCCC(C)(N)C(C)Oc1ccccc1. The molecule has 1 aromatic rings. The van der Waals surface area contributed by atoms with Crippen LogP contribution in [-0.2, 0) is 0 Å². The van der Waals surface area contributed by atoms with Gasteiger partial charge in [0, 0.05) is 5.54 Å². The standard InChI is InChI=1S/C22H39NO/c1-4-5-6-7-8-9-10-11-12-16-19-22(3,23)20(2)24-21-17-14-13-15-18-21/h13-15,17-18,20H,4-12,16,19,23H2,1-3H3. The Hall–Kier alpha value is -1.02. The van der Waals surface area contributed by atoms with E-state index in [1.165, 1.54) is 64.2 Å². The fourth-order valence-corrected chi connectivity index (χ4v) is 3.03. The molecule has 2 heteroatoms. The molecule has 0 aliphatic carbocycles. The van der Waals surface area contributed by atoms with Crippen LogP contribution in [0.4, 0.5) is 0 Å². The molecule has 0 heterocycles. The van der Waals surface area contributed by atoms with Gasteiger partial charge >= 0.3 is 0 Å². The van der Waals surface area contributed by atoms with E-state index < -0.39 is 0 Å². The largest absolute Gasteiger partial charge is 0.489 e. The number of nitrogens with two attached hydrogens (primary N) is 1. The predicted molar refractivity (Wildman–Crippen MR) is 106 cm³/mol. The first-order valence-electron chi connectivity index (χ1n) is 10.1. The van der Waals surface area contributed by atoms with Gasteiger partial charge in [-0.2, -0.15) is 0 Å². The lowest BCUT2D eigenvalue weighted by Crippen LogP contribution is -2.49. The lowest BCUT2D eigenvalue weighted by molar-refractivity contribution is 0.127. The van der Waals surface area contributed by atoms with E-state index in [4.69, 9.17) is 10.5 Å². The monoisotopic (exact) mass is 333 g/mol. The van der Waals surface area contributed by atoms with Gasteiger partial charge in [0.25, 0.3) is 0 Å². The number of hydrogen-bond donors (Lipinski definition) is 1. The van der Waals surface area contributed by atoms with Crippen molar-refractivity contribution in [3.8, 4) is 5.75 Å². The van der Waals surface area contributed by atoms with E-state index in [1.807, 2.05) is 30.3 Å². The zero-order valence-corrected chi connectivity index (χ0v) is 16.2. The molecule has 2 N–H and O–H groups in total. The van der Waals surface area contributed by atoms with Crippen molar-refractivity contribution in [1.29, 1.82) is 0 Å². The minimum absolute atomic E-state index is 0.0264. The van der Waals surface area contributed by atoms with Gasteiger partial charge < -0.3 is 10.5 Å². The summed E-state index contributed by atoms with van der Waals surface area (Å²) in [5, 5.41) is 0. The van der Waals surface area contributed by atoms with E-state index >= 15 is 0 Å². The van der Waals surface area contributed by atoms with Crippen LogP contribution in [0.3, 0.4) is 0 Å². The van der Waals surface area contributed by atoms with Crippen molar-refractivity contribution >= 4 is 0 Å². The Kier molecular flexibility index (Phi) is 10.8. The van der Waals surface area contributed by atoms with E-state index in [1.54, 1.807) is 0 Å². The van der Waals surface area contributed by atoms with E-state index in [-0.39, 0.29) is 11.6 Å². The minimum Gasteiger partial charge on any atom is -0.489 e. The highest BCUT2D eigenvalue weighted by Gasteiger charge is 2.27. The lowest BCUT2D eigenvalue weighted by Gasteiger charge is -2.32. The Morgan fingerprint density at radius 3 is 1.92 bits per heavy atom. The van der Waals surface area contributed by atoms with Crippen LogP contribution >= 0.6 is 0 Å². The predicted octanol–water partition coefficient (Wildman–Crippen LogP) is 6.48. The third-order valence-corrected chi connectivity index (χ3v) is 5.05. The average molecular weight is 334 g/mol. The molecule has 0 fully saturated rings. The summed E-state index contributed by atoms with van der Waals surface area (Å²) in [6, 6.07) is 9.99. The second-order valence-electron chi connectivity index (χ2n) is 7.51. The molecule has 0 amide bonds. The maximum Gasteiger partial charge on any atom is 0.119 e. The zero-order valence-electron chi connectivity index (χ0n) is 16.2. The van der Waals surface area contributed by atoms with Crippen LogP contribution < -0.4 is 10.5 Å².